The molecule has 17 heavy (non-hydrogen) atoms. The van der Waals surface area contributed by atoms with Crippen LogP contribution in [0.25, 0.3) is 0 Å². The number of carbonyl (C=O) groups excluding carboxylic acids is 1. The first-order valence-electron chi connectivity index (χ1n) is 7.28. The molecule has 96 valence electrons. The van der Waals surface area contributed by atoms with Gasteiger partial charge in [0, 0.05) is 24.9 Å². The molecule has 0 bridgehead atoms. The molecule has 2 saturated carbocycles. The maximum atomic E-state index is 12.5. The molecule has 0 unspecified atom stereocenters. The molecule has 1 aliphatic heterocycles. The Morgan fingerprint density at radius 2 is 1.65 bits per heavy atom. The van der Waals surface area contributed by atoms with E-state index in [2.05, 4.69) is 4.90 Å². The van der Waals surface area contributed by atoms with E-state index < -0.39 is 0 Å². The Hall–Kier alpha value is -0.570. The molecular formula is C14H24N2O. The van der Waals surface area contributed by atoms with E-state index in [0.29, 0.717) is 29.6 Å². The van der Waals surface area contributed by atoms with Gasteiger partial charge in [-0.15, -0.1) is 0 Å². The normalized spacial score (nSPS) is 26.6. The van der Waals surface area contributed by atoms with Crippen molar-refractivity contribution >= 4 is 5.91 Å². The van der Waals surface area contributed by atoms with Crippen LogP contribution >= 0.6 is 0 Å². The van der Waals surface area contributed by atoms with Crippen molar-refractivity contribution in [2.24, 2.45) is 29.4 Å². The Balaban J connectivity index is 1.60. The van der Waals surface area contributed by atoms with E-state index in [9.17, 15) is 4.79 Å². The van der Waals surface area contributed by atoms with Crippen molar-refractivity contribution in [3.05, 3.63) is 0 Å². The van der Waals surface area contributed by atoms with Crippen LogP contribution in [0.1, 0.15) is 38.5 Å². The van der Waals surface area contributed by atoms with Gasteiger partial charge in [-0.25, -0.2) is 0 Å². The molecule has 1 saturated heterocycles. The van der Waals surface area contributed by atoms with Crippen LogP contribution in [0.5, 0.6) is 0 Å². The molecule has 2 N–H and O–H groups in total. The van der Waals surface area contributed by atoms with Crippen molar-refractivity contribution in [1.82, 2.24) is 4.90 Å². The Bertz CT molecular complexity index is 277. The van der Waals surface area contributed by atoms with Gasteiger partial charge in [0.15, 0.2) is 0 Å². The van der Waals surface area contributed by atoms with Gasteiger partial charge in [-0.2, -0.15) is 0 Å². The molecule has 0 aromatic rings. The van der Waals surface area contributed by atoms with Gasteiger partial charge in [0.25, 0.3) is 0 Å². The first-order valence-corrected chi connectivity index (χ1v) is 7.28. The maximum absolute atomic E-state index is 12.5. The zero-order valence-electron chi connectivity index (χ0n) is 10.6. The van der Waals surface area contributed by atoms with Crippen molar-refractivity contribution in [2.75, 3.05) is 19.6 Å². The van der Waals surface area contributed by atoms with Crippen LogP contribution in [0.3, 0.4) is 0 Å². The second-order valence-corrected chi connectivity index (χ2v) is 6.25. The largest absolute Gasteiger partial charge is 0.342 e. The molecular weight excluding hydrogens is 212 g/mol. The van der Waals surface area contributed by atoms with Crippen molar-refractivity contribution in [3.8, 4) is 0 Å². The molecule has 0 aromatic carbocycles. The lowest BCUT2D eigenvalue weighted by Crippen LogP contribution is -2.56. The van der Waals surface area contributed by atoms with Gasteiger partial charge < -0.3 is 10.6 Å². The fourth-order valence-electron chi connectivity index (χ4n) is 3.50. The molecule has 0 spiro atoms. The molecule has 1 heterocycles. The van der Waals surface area contributed by atoms with Crippen LogP contribution in [0.2, 0.25) is 0 Å². The second kappa shape index (κ2) is 4.60. The third kappa shape index (κ3) is 1.99. The van der Waals surface area contributed by atoms with E-state index >= 15 is 0 Å². The van der Waals surface area contributed by atoms with Crippen LogP contribution in [0.4, 0.5) is 0 Å². The Kier molecular flexibility index (Phi) is 3.12. The molecule has 1 amide bonds. The molecule has 0 radical (unpaired) electrons. The summed E-state index contributed by atoms with van der Waals surface area (Å²) in [4.78, 5) is 14.6. The molecule has 2 aliphatic carbocycles. The Morgan fingerprint density at radius 1 is 1.12 bits per heavy atom. The van der Waals surface area contributed by atoms with Gasteiger partial charge in [-0.1, -0.05) is 12.8 Å². The number of hydrogen-bond donors (Lipinski definition) is 1. The fourth-order valence-corrected chi connectivity index (χ4v) is 3.50. The summed E-state index contributed by atoms with van der Waals surface area (Å²) in [5, 5.41) is 0. The number of rotatable bonds is 4. The highest BCUT2D eigenvalue weighted by Gasteiger charge is 2.44. The zero-order valence-corrected chi connectivity index (χ0v) is 10.6. The average Bonchev–Trinajstić information content (AvgIpc) is 2.09. The molecule has 0 atom stereocenters. The molecule has 3 fully saturated rings. The van der Waals surface area contributed by atoms with Gasteiger partial charge in [0.2, 0.25) is 5.91 Å². The summed E-state index contributed by atoms with van der Waals surface area (Å²) in [5.41, 5.74) is 5.63. The number of hydrogen-bond acceptors (Lipinski definition) is 2. The van der Waals surface area contributed by atoms with Gasteiger partial charge >= 0.3 is 0 Å². The highest BCUT2D eigenvalue weighted by molar-refractivity contribution is 5.80. The van der Waals surface area contributed by atoms with Crippen molar-refractivity contribution in [1.29, 1.82) is 0 Å². The quantitative estimate of drug-likeness (QED) is 0.806. The summed E-state index contributed by atoms with van der Waals surface area (Å²) >= 11 is 0. The van der Waals surface area contributed by atoms with Crippen molar-refractivity contribution < 1.29 is 4.79 Å². The maximum Gasteiger partial charge on any atom is 0.226 e. The van der Waals surface area contributed by atoms with Crippen LogP contribution in [-0.4, -0.2) is 30.4 Å². The first-order chi connectivity index (χ1) is 8.29. The summed E-state index contributed by atoms with van der Waals surface area (Å²) in [6.45, 7) is 2.58. The fraction of sp³-hybridized carbons (Fsp3) is 0.929. The third-order valence-corrected chi connectivity index (χ3v) is 5.20. The van der Waals surface area contributed by atoms with E-state index in [1.807, 2.05) is 0 Å². The van der Waals surface area contributed by atoms with Crippen LogP contribution in [0, 0.1) is 23.7 Å². The minimum atomic E-state index is 0.372. The van der Waals surface area contributed by atoms with Crippen molar-refractivity contribution in [3.63, 3.8) is 0 Å². The van der Waals surface area contributed by atoms with Gasteiger partial charge in [-0.3, -0.25) is 4.79 Å². The summed E-state index contributed by atoms with van der Waals surface area (Å²) in [6.07, 6.45) is 7.85. The first kappa shape index (κ1) is 11.5. The van der Waals surface area contributed by atoms with E-state index in [0.717, 1.165) is 19.6 Å². The minimum Gasteiger partial charge on any atom is -0.342 e. The number of nitrogens with zero attached hydrogens (tertiary/aromatic N) is 1. The molecule has 3 aliphatic rings. The molecule has 0 aromatic heterocycles. The Labute approximate surface area is 104 Å². The second-order valence-electron chi connectivity index (χ2n) is 6.25. The van der Waals surface area contributed by atoms with E-state index in [4.69, 9.17) is 5.73 Å². The highest BCUT2D eigenvalue weighted by Crippen LogP contribution is 2.45. The van der Waals surface area contributed by atoms with E-state index in [-0.39, 0.29) is 0 Å². The lowest BCUT2D eigenvalue weighted by molar-refractivity contribution is -0.149. The van der Waals surface area contributed by atoms with Crippen LogP contribution in [-0.2, 0) is 4.79 Å². The number of amides is 1. The topological polar surface area (TPSA) is 46.3 Å². The van der Waals surface area contributed by atoms with Gasteiger partial charge in [-0.05, 0) is 44.1 Å². The zero-order chi connectivity index (χ0) is 11.8. The average molecular weight is 236 g/mol. The summed E-state index contributed by atoms with van der Waals surface area (Å²) in [5.74, 6) is 2.83. The monoisotopic (exact) mass is 236 g/mol. The smallest absolute Gasteiger partial charge is 0.226 e. The summed E-state index contributed by atoms with van der Waals surface area (Å²) < 4.78 is 0. The highest BCUT2D eigenvalue weighted by atomic mass is 16.2. The number of likely N-dealkylation sites (tertiary alicyclic amines) is 1. The number of carbonyl (C=O) groups is 1. The van der Waals surface area contributed by atoms with Crippen LogP contribution in [0.15, 0.2) is 0 Å². The van der Waals surface area contributed by atoms with Gasteiger partial charge in [0.1, 0.15) is 0 Å². The van der Waals surface area contributed by atoms with Crippen molar-refractivity contribution in [2.45, 2.75) is 38.5 Å². The summed E-state index contributed by atoms with van der Waals surface area (Å²) in [6, 6.07) is 0. The SMILES string of the molecule is NCC1CN(C(=O)C(C2CCC2)C2CCC2)C1. The van der Waals surface area contributed by atoms with E-state index in [1.54, 1.807) is 0 Å². The van der Waals surface area contributed by atoms with Crippen LogP contribution < -0.4 is 5.73 Å². The lowest BCUT2D eigenvalue weighted by atomic mass is 9.64. The molecule has 3 nitrogen and oxygen atoms in total. The predicted molar refractivity (Wildman–Crippen MR) is 67.3 cm³/mol. The standard InChI is InChI=1S/C14H24N2O/c15-7-10-8-16(9-10)14(17)13(11-3-1-4-11)12-5-2-6-12/h10-13H,1-9,15H2. The summed E-state index contributed by atoms with van der Waals surface area (Å²) in [7, 11) is 0. The van der Waals surface area contributed by atoms with Gasteiger partial charge in [0.05, 0.1) is 0 Å². The predicted octanol–water partition coefficient (Wildman–Crippen LogP) is 1.62. The lowest BCUT2D eigenvalue weighted by Gasteiger charge is -2.47. The minimum absolute atomic E-state index is 0.372. The van der Waals surface area contributed by atoms with E-state index in [1.165, 1.54) is 38.5 Å². The molecule has 3 heteroatoms. The Morgan fingerprint density at radius 3 is 2.00 bits per heavy atom. The molecule has 3 rings (SSSR count). The number of nitrogens with two attached hydrogens (primary N) is 1. The third-order valence-electron chi connectivity index (χ3n) is 5.20.